The molecule has 6 rings (SSSR count). The summed E-state index contributed by atoms with van der Waals surface area (Å²) in [6, 6.07) is 20.4. The van der Waals surface area contributed by atoms with Crippen LogP contribution in [0.1, 0.15) is 58.4 Å². The Morgan fingerprint density at radius 1 is 0.923 bits per heavy atom. The molecule has 0 unspecified atom stereocenters. The molecule has 1 atom stereocenters. The highest BCUT2D eigenvalue weighted by molar-refractivity contribution is 7.85. The van der Waals surface area contributed by atoms with Crippen molar-refractivity contribution in [1.82, 2.24) is 4.90 Å². The summed E-state index contributed by atoms with van der Waals surface area (Å²) in [5.41, 5.74) is 2.28. The number of anilines is 1. The number of quaternary nitrogens is 1. The number of amides is 2. The Hall–Kier alpha value is -3.00. The first-order valence-electron chi connectivity index (χ1n) is 13.8. The number of nitrogens with one attached hydrogen (secondary N) is 1. The van der Waals surface area contributed by atoms with Crippen LogP contribution in [0.4, 0.5) is 5.69 Å². The maximum atomic E-state index is 13.9. The second-order valence-corrected chi connectivity index (χ2v) is 12.6. The van der Waals surface area contributed by atoms with Crippen LogP contribution in [0, 0.1) is 0 Å². The van der Waals surface area contributed by atoms with E-state index >= 15 is 0 Å². The molecule has 8 heteroatoms. The van der Waals surface area contributed by atoms with Crippen molar-refractivity contribution in [3.8, 4) is 0 Å². The summed E-state index contributed by atoms with van der Waals surface area (Å²) in [6.07, 6.45) is 6.58. The smallest absolute Gasteiger partial charge is 0.259 e. The minimum absolute atomic E-state index is 0.0387. The van der Waals surface area contributed by atoms with E-state index in [1.807, 2.05) is 23.1 Å². The van der Waals surface area contributed by atoms with Gasteiger partial charge in [0.05, 0.1) is 70.6 Å². The molecule has 0 aromatic heterocycles. The second kappa shape index (κ2) is 11.2. The van der Waals surface area contributed by atoms with Crippen LogP contribution in [-0.4, -0.2) is 53.1 Å². The summed E-state index contributed by atoms with van der Waals surface area (Å²) >= 11 is 6.24. The summed E-state index contributed by atoms with van der Waals surface area (Å²) in [7, 11) is -1.56. The molecule has 3 aliphatic rings. The van der Waals surface area contributed by atoms with Gasteiger partial charge in [0.25, 0.3) is 11.8 Å². The van der Waals surface area contributed by atoms with E-state index in [0.717, 1.165) is 37.8 Å². The molecule has 2 heterocycles. The number of hydrogen-bond acceptors (Lipinski definition) is 3. The number of halogens is 1. The Balaban J connectivity index is 1.31. The van der Waals surface area contributed by atoms with Crippen molar-refractivity contribution < 1.29 is 18.7 Å². The molecule has 2 amide bonds. The molecule has 3 aromatic carbocycles. The first-order valence-corrected chi connectivity index (χ1v) is 15.4. The lowest BCUT2D eigenvalue weighted by atomic mass is 9.94. The van der Waals surface area contributed by atoms with Crippen molar-refractivity contribution in [2.24, 2.45) is 0 Å². The highest BCUT2D eigenvalue weighted by atomic mass is 35.5. The van der Waals surface area contributed by atoms with Gasteiger partial charge in [0.2, 0.25) is 0 Å². The molecule has 2 fully saturated rings. The molecule has 1 N–H and O–H groups in total. The molecule has 0 radical (unpaired) electrons. The molecule has 3 aromatic rings. The van der Waals surface area contributed by atoms with E-state index in [0.29, 0.717) is 31.6 Å². The number of benzene rings is 3. The van der Waals surface area contributed by atoms with Crippen LogP contribution in [0.3, 0.4) is 0 Å². The van der Waals surface area contributed by atoms with E-state index < -0.39 is 10.8 Å². The minimum Gasteiger partial charge on any atom is -0.330 e. The average molecular weight is 563 g/mol. The molecular formula is C31H33ClN3O3S+. The van der Waals surface area contributed by atoms with Gasteiger partial charge in [-0.05, 0) is 73.7 Å². The van der Waals surface area contributed by atoms with Crippen LogP contribution >= 0.6 is 11.6 Å². The molecule has 1 aliphatic carbocycles. The van der Waals surface area contributed by atoms with Gasteiger partial charge in [-0.1, -0.05) is 42.3 Å². The summed E-state index contributed by atoms with van der Waals surface area (Å²) in [6.45, 7) is 3.65. The Morgan fingerprint density at radius 2 is 1.69 bits per heavy atom. The highest BCUT2D eigenvalue weighted by Gasteiger charge is 2.34. The number of nitrogens with zero attached hydrogens (tertiary/aromatic N) is 2. The number of piperazine rings is 1. The van der Waals surface area contributed by atoms with E-state index in [4.69, 9.17) is 11.6 Å². The normalized spacial score (nSPS) is 20.3. The largest absolute Gasteiger partial charge is 0.330 e. The Kier molecular flexibility index (Phi) is 7.56. The first kappa shape index (κ1) is 26.2. The van der Waals surface area contributed by atoms with Crippen LogP contribution in [0.2, 0.25) is 5.02 Å². The third kappa shape index (κ3) is 5.28. The first-order chi connectivity index (χ1) is 19.0. The van der Waals surface area contributed by atoms with E-state index in [9.17, 15) is 13.8 Å². The lowest BCUT2D eigenvalue weighted by molar-refractivity contribution is -0.930. The lowest BCUT2D eigenvalue weighted by Crippen LogP contribution is -3.18. The third-order valence-corrected chi connectivity index (χ3v) is 10.1. The van der Waals surface area contributed by atoms with Crippen molar-refractivity contribution in [2.75, 3.05) is 31.1 Å². The van der Waals surface area contributed by atoms with Crippen molar-refractivity contribution >= 4 is 39.9 Å². The van der Waals surface area contributed by atoms with Crippen molar-refractivity contribution in [1.29, 1.82) is 0 Å². The minimum atomic E-state index is -1.56. The highest BCUT2D eigenvalue weighted by Crippen LogP contribution is 2.36. The summed E-state index contributed by atoms with van der Waals surface area (Å²) < 4.78 is 13.7. The standard InChI is InChI=1S/C31H32ClN3O3S/c32-24-8-6-7-22(19-24)21-35-27-20-23(13-14-29(27)39(38)28-12-5-4-11-26(28)31(35)37)30(36)34-17-15-33(16-18-34)25-9-2-1-3-10-25/h4-8,11-14,19-20,25H,1-3,9-10,15-18,21H2/p+1/t39-/m0/s1. The molecule has 202 valence electrons. The third-order valence-electron chi connectivity index (χ3n) is 8.36. The maximum Gasteiger partial charge on any atom is 0.259 e. The number of rotatable bonds is 4. The molecule has 1 saturated carbocycles. The summed E-state index contributed by atoms with van der Waals surface area (Å²) in [5, 5.41) is 0.581. The molecule has 0 bridgehead atoms. The van der Waals surface area contributed by atoms with Gasteiger partial charge in [0.15, 0.2) is 0 Å². The van der Waals surface area contributed by atoms with Gasteiger partial charge in [-0.15, -0.1) is 0 Å². The molecular weight excluding hydrogens is 530 g/mol. The number of hydrogen-bond donors (Lipinski definition) is 1. The van der Waals surface area contributed by atoms with Crippen LogP contribution < -0.4 is 9.80 Å². The predicted octanol–water partition coefficient (Wildman–Crippen LogP) is 4.34. The zero-order valence-corrected chi connectivity index (χ0v) is 23.5. The molecule has 2 aliphatic heterocycles. The molecule has 6 nitrogen and oxygen atoms in total. The fraction of sp³-hybridized carbons (Fsp3) is 0.355. The maximum absolute atomic E-state index is 13.9. The number of carbonyl (C=O) groups excluding carboxylic acids is 2. The second-order valence-electron chi connectivity index (χ2n) is 10.8. The zero-order valence-electron chi connectivity index (χ0n) is 21.9. The Labute approximate surface area is 237 Å². The van der Waals surface area contributed by atoms with Crippen LogP contribution in [0.5, 0.6) is 0 Å². The lowest BCUT2D eigenvalue weighted by Gasteiger charge is -2.38. The van der Waals surface area contributed by atoms with Gasteiger partial charge >= 0.3 is 0 Å². The van der Waals surface area contributed by atoms with Crippen LogP contribution in [-0.2, 0) is 17.3 Å². The topological polar surface area (TPSA) is 62.1 Å². The molecule has 39 heavy (non-hydrogen) atoms. The van der Waals surface area contributed by atoms with Crippen LogP contribution in [0.15, 0.2) is 76.5 Å². The van der Waals surface area contributed by atoms with Gasteiger partial charge < -0.3 is 14.7 Å². The predicted molar refractivity (Wildman–Crippen MR) is 153 cm³/mol. The van der Waals surface area contributed by atoms with Gasteiger partial charge in [0.1, 0.15) is 0 Å². The monoisotopic (exact) mass is 562 g/mol. The van der Waals surface area contributed by atoms with Gasteiger partial charge in [-0.2, -0.15) is 0 Å². The van der Waals surface area contributed by atoms with E-state index in [-0.39, 0.29) is 18.4 Å². The SMILES string of the molecule is O=C(c1ccc2c(c1)N(Cc1cccc(Cl)c1)C(=O)c1ccccc1[S@@]2=O)N1CC[NH+](C2CCCCC2)CC1. The quantitative estimate of drug-likeness (QED) is 0.514. The van der Waals surface area contributed by atoms with Crippen molar-refractivity contribution in [2.45, 2.75) is 54.5 Å². The van der Waals surface area contributed by atoms with E-state index in [1.165, 1.54) is 32.1 Å². The van der Waals surface area contributed by atoms with E-state index in [1.54, 1.807) is 58.3 Å². The van der Waals surface area contributed by atoms with Crippen molar-refractivity contribution in [3.63, 3.8) is 0 Å². The van der Waals surface area contributed by atoms with Crippen molar-refractivity contribution in [3.05, 3.63) is 88.4 Å². The van der Waals surface area contributed by atoms with Gasteiger partial charge in [-0.3, -0.25) is 9.59 Å². The van der Waals surface area contributed by atoms with E-state index in [2.05, 4.69) is 0 Å². The number of carbonyl (C=O) groups is 2. The van der Waals surface area contributed by atoms with Gasteiger partial charge in [-0.25, -0.2) is 4.21 Å². The number of fused-ring (bicyclic) bond motifs is 2. The van der Waals surface area contributed by atoms with Crippen LogP contribution in [0.25, 0.3) is 0 Å². The fourth-order valence-corrected chi connectivity index (χ4v) is 7.83. The zero-order chi connectivity index (χ0) is 26.9. The van der Waals surface area contributed by atoms with Gasteiger partial charge in [0, 0.05) is 10.6 Å². The summed E-state index contributed by atoms with van der Waals surface area (Å²) in [4.78, 5) is 33.7. The molecule has 1 saturated heterocycles. The Bertz CT molecular complexity index is 1430. The Morgan fingerprint density at radius 3 is 2.46 bits per heavy atom. The average Bonchev–Trinajstić information content (AvgIpc) is 3.06. The summed E-state index contributed by atoms with van der Waals surface area (Å²) in [5.74, 6) is -0.282. The fourth-order valence-electron chi connectivity index (χ4n) is 6.27. The molecule has 0 spiro atoms.